The molecule has 2 heterocycles. The first-order valence-electron chi connectivity index (χ1n) is 4.59. The molecule has 0 saturated carbocycles. The summed E-state index contributed by atoms with van der Waals surface area (Å²) >= 11 is 0. The van der Waals surface area contributed by atoms with Crippen molar-refractivity contribution in [2.75, 3.05) is 7.05 Å². The molecule has 1 aromatic heterocycles. The van der Waals surface area contributed by atoms with Crippen molar-refractivity contribution in [2.45, 2.75) is 12.0 Å². The maximum absolute atomic E-state index is 14.3. The van der Waals surface area contributed by atoms with Crippen LogP contribution < -0.4 is 5.32 Å². The van der Waals surface area contributed by atoms with Gasteiger partial charge in [0.2, 0.25) is 0 Å². The molecule has 0 radical (unpaired) electrons. The molecule has 0 aliphatic carbocycles. The van der Waals surface area contributed by atoms with Gasteiger partial charge in [0.05, 0.1) is 0 Å². The summed E-state index contributed by atoms with van der Waals surface area (Å²) < 4.78 is 14.3. The predicted molar refractivity (Wildman–Crippen MR) is 53.1 cm³/mol. The zero-order valence-electron chi connectivity index (χ0n) is 8.26. The molecule has 80 valence electrons. The summed E-state index contributed by atoms with van der Waals surface area (Å²) in [5.41, 5.74) is 0.482. The number of aliphatic hydroxyl groups excluding tert-OH is 1. The van der Waals surface area contributed by atoms with Crippen molar-refractivity contribution >= 4 is 0 Å². The van der Waals surface area contributed by atoms with Crippen LogP contribution in [0.15, 0.2) is 36.9 Å². The van der Waals surface area contributed by atoms with E-state index >= 15 is 0 Å². The first kappa shape index (κ1) is 9.92. The maximum Gasteiger partial charge on any atom is 0.287 e. The second-order valence-electron chi connectivity index (χ2n) is 3.43. The number of aromatic nitrogens is 1. The van der Waals surface area contributed by atoms with E-state index in [0.717, 1.165) is 0 Å². The topological polar surface area (TPSA) is 48.4 Å². The van der Waals surface area contributed by atoms with Crippen LogP contribution in [0.2, 0.25) is 0 Å². The van der Waals surface area contributed by atoms with Crippen LogP contribution in [0.4, 0.5) is 4.39 Å². The summed E-state index contributed by atoms with van der Waals surface area (Å²) in [6.07, 6.45) is 4.77. The third kappa shape index (κ3) is 1.55. The number of rotatable bonds is 2. The van der Waals surface area contributed by atoms with Gasteiger partial charge in [-0.25, -0.2) is 0 Å². The summed E-state index contributed by atoms with van der Waals surface area (Å²) in [4.78, 5) is 5.10. The number of halogens is 1. The quantitative estimate of drug-likeness (QED) is 0.705. The number of nitrogens with zero attached hydrogens (tertiary/aromatic N) is 2. The van der Waals surface area contributed by atoms with E-state index in [1.165, 1.54) is 29.7 Å². The first-order chi connectivity index (χ1) is 7.14. The van der Waals surface area contributed by atoms with Gasteiger partial charge in [-0.05, 0) is 17.7 Å². The van der Waals surface area contributed by atoms with E-state index in [1.54, 1.807) is 19.2 Å². The second-order valence-corrected chi connectivity index (χ2v) is 3.43. The molecule has 15 heavy (non-hydrogen) atoms. The van der Waals surface area contributed by atoms with Crippen molar-refractivity contribution < 1.29 is 9.50 Å². The lowest BCUT2D eigenvalue weighted by atomic mass is 10.1. The fraction of sp³-hybridized carbons (Fsp3) is 0.300. The van der Waals surface area contributed by atoms with E-state index in [2.05, 4.69) is 10.3 Å². The zero-order valence-corrected chi connectivity index (χ0v) is 8.26. The molecule has 2 rings (SSSR count). The standard InChI is InChI=1S/C10H12FN3O/c1-14-7-6-13-10(14,11)9(15)8-2-4-12-5-3-8/h2-7,9,13,15H,1H3. The molecule has 0 fully saturated rings. The Kier molecular flexibility index (Phi) is 2.32. The third-order valence-corrected chi connectivity index (χ3v) is 2.48. The van der Waals surface area contributed by atoms with E-state index in [-0.39, 0.29) is 0 Å². The van der Waals surface area contributed by atoms with Crippen LogP contribution in [0.1, 0.15) is 11.7 Å². The van der Waals surface area contributed by atoms with Gasteiger partial charge in [0.25, 0.3) is 5.92 Å². The van der Waals surface area contributed by atoms with Crippen molar-refractivity contribution in [3.63, 3.8) is 0 Å². The highest BCUT2D eigenvalue weighted by Crippen LogP contribution is 2.32. The monoisotopic (exact) mass is 209 g/mol. The highest BCUT2D eigenvalue weighted by molar-refractivity contribution is 5.18. The van der Waals surface area contributed by atoms with Crippen molar-refractivity contribution in [1.29, 1.82) is 0 Å². The lowest BCUT2D eigenvalue weighted by Crippen LogP contribution is -2.50. The molecule has 0 aromatic carbocycles. The van der Waals surface area contributed by atoms with Gasteiger partial charge in [-0.2, -0.15) is 4.39 Å². The average Bonchev–Trinajstić information content (AvgIpc) is 2.61. The summed E-state index contributed by atoms with van der Waals surface area (Å²) in [7, 11) is 1.56. The van der Waals surface area contributed by atoms with Crippen LogP contribution in [0, 0.1) is 0 Å². The minimum atomic E-state index is -1.98. The Morgan fingerprint density at radius 2 is 2.20 bits per heavy atom. The van der Waals surface area contributed by atoms with Gasteiger partial charge in [-0.15, -0.1) is 0 Å². The molecule has 5 heteroatoms. The van der Waals surface area contributed by atoms with Gasteiger partial charge in [0.15, 0.2) is 6.10 Å². The van der Waals surface area contributed by atoms with Crippen LogP contribution in [-0.4, -0.2) is 28.0 Å². The summed E-state index contributed by atoms with van der Waals surface area (Å²) in [6.45, 7) is 0. The Morgan fingerprint density at radius 3 is 2.73 bits per heavy atom. The molecular weight excluding hydrogens is 197 g/mol. The number of hydrogen-bond acceptors (Lipinski definition) is 4. The predicted octanol–water partition coefficient (Wildman–Crippen LogP) is 0.744. The largest absolute Gasteiger partial charge is 0.381 e. The molecule has 0 spiro atoms. The molecular formula is C10H12FN3O. The first-order valence-corrected chi connectivity index (χ1v) is 4.59. The zero-order chi connectivity index (χ0) is 10.9. The van der Waals surface area contributed by atoms with Gasteiger partial charge < -0.3 is 15.3 Å². The Hall–Kier alpha value is -1.62. The average molecular weight is 209 g/mol. The van der Waals surface area contributed by atoms with Crippen molar-refractivity contribution in [3.05, 3.63) is 42.5 Å². The van der Waals surface area contributed by atoms with Gasteiger partial charge in [-0.1, -0.05) is 0 Å². The third-order valence-electron chi connectivity index (χ3n) is 2.48. The van der Waals surface area contributed by atoms with Gasteiger partial charge >= 0.3 is 0 Å². The number of pyridine rings is 1. The maximum atomic E-state index is 14.3. The molecule has 0 saturated heterocycles. The van der Waals surface area contributed by atoms with Crippen LogP contribution in [-0.2, 0) is 0 Å². The fourth-order valence-electron chi connectivity index (χ4n) is 1.51. The Balaban J connectivity index is 2.25. The van der Waals surface area contributed by atoms with Gasteiger partial charge in [0.1, 0.15) is 0 Å². The molecule has 2 unspecified atom stereocenters. The lowest BCUT2D eigenvalue weighted by molar-refractivity contribution is -0.100. The molecule has 2 atom stereocenters. The summed E-state index contributed by atoms with van der Waals surface area (Å²) in [5.74, 6) is -1.98. The fourth-order valence-corrected chi connectivity index (χ4v) is 1.51. The van der Waals surface area contributed by atoms with E-state index in [9.17, 15) is 9.50 Å². The van der Waals surface area contributed by atoms with Crippen LogP contribution in [0.25, 0.3) is 0 Å². The Labute approximate surface area is 87.0 Å². The smallest absolute Gasteiger partial charge is 0.287 e. The summed E-state index contributed by atoms with van der Waals surface area (Å²) in [6, 6.07) is 3.17. The SMILES string of the molecule is CN1C=CNC1(F)C(O)c1ccncc1. The van der Waals surface area contributed by atoms with Crippen LogP contribution >= 0.6 is 0 Å². The number of hydrogen-bond donors (Lipinski definition) is 2. The molecule has 1 aliphatic heterocycles. The van der Waals surface area contributed by atoms with Crippen LogP contribution in [0.5, 0.6) is 0 Å². The highest BCUT2D eigenvalue weighted by atomic mass is 19.2. The molecule has 0 bridgehead atoms. The lowest BCUT2D eigenvalue weighted by Gasteiger charge is -2.33. The molecule has 4 nitrogen and oxygen atoms in total. The van der Waals surface area contributed by atoms with Gasteiger partial charge in [-0.3, -0.25) is 4.98 Å². The number of aliphatic hydroxyl groups is 1. The molecule has 0 amide bonds. The van der Waals surface area contributed by atoms with Crippen molar-refractivity contribution in [1.82, 2.24) is 15.2 Å². The van der Waals surface area contributed by atoms with Crippen molar-refractivity contribution in [3.8, 4) is 0 Å². The van der Waals surface area contributed by atoms with E-state index in [4.69, 9.17) is 0 Å². The van der Waals surface area contributed by atoms with E-state index < -0.39 is 12.0 Å². The highest BCUT2D eigenvalue weighted by Gasteiger charge is 2.43. The van der Waals surface area contributed by atoms with E-state index in [1.807, 2.05) is 0 Å². The molecule has 2 N–H and O–H groups in total. The second kappa shape index (κ2) is 3.51. The van der Waals surface area contributed by atoms with E-state index in [0.29, 0.717) is 5.56 Å². The minimum Gasteiger partial charge on any atom is -0.381 e. The normalized spacial score (nSPS) is 26.5. The minimum absolute atomic E-state index is 0.482. The van der Waals surface area contributed by atoms with Gasteiger partial charge in [0, 0.05) is 31.8 Å². The summed E-state index contributed by atoms with van der Waals surface area (Å²) in [5, 5.41) is 12.4. The Bertz CT molecular complexity index is 370. The molecule has 1 aromatic rings. The van der Waals surface area contributed by atoms with Crippen LogP contribution in [0.3, 0.4) is 0 Å². The Morgan fingerprint density at radius 1 is 1.53 bits per heavy atom. The van der Waals surface area contributed by atoms with Crippen molar-refractivity contribution in [2.24, 2.45) is 0 Å². The number of likely N-dealkylation sites (N-methyl/N-ethyl adjacent to an activating group) is 1. The number of alkyl halides is 1. The molecule has 1 aliphatic rings. The number of nitrogens with one attached hydrogen (secondary N) is 1.